The van der Waals surface area contributed by atoms with E-state index < -0.39 is 0 Å². The minimum Gasteiger partial charge on any atom is -0.497 e. The molecule has 0 aliphatic rings. The molecule has 0 fully saturated rings. The summed E-state index contributed by atoms with van der Waals surface area (Å²) in [6, 6.07) is 7.47. The van der Waals surface area contributed by atoms with Crippen molar-refractivity contribution in [3.05, 3.63) is 29.8 Å². The van der Waals surface area contributed by atoms with Crippen LogP contribution in [0.3, 0.4) is 0 Å². The number of nitrogens with zero attached hydrogens (tertiary/aromatic N) is 1. The van der Waals surface area contributed by atoms with E-state index in [1.54, 1.807) is 7.11 Å². The number of hydrogen-bond donors (Lipinski definition) is 1. The predicted octanol–water partition coefficient (Wildman–Crippen LogP) is 2.53. The predicted molar refractivity (Wildman–Crippen MR) is 56.2 cm³/mol. The highest BCUT2D eigenvalue weighted by molar-refractivity contribution is 6.01. The average molecular weight is 193 g/mol. The van der Waals surface area contributed by atoms with E-state index in [2.05, 4.69) is 5.16 Å². The van der Waals surface area contributed by atoms with Crippen LogP contribution in [0.15, 0.2) is 29.4 Å². The minimum atomic E-state index is 0.202. The van der Waals surface area contributed by atoms with Crippen LogP contribution in [0.1, 0.15) is 19.4 Å². The fourth-order valence-electron chi connectivity index (χ4n) is 1.27. The second-order valence-corrected chi connectivity index (χ2v) is 3.37. The summed E-state index contributed by atoms with van der Waals surface area (Å²) in [5.74, 6) is 1.00. The summed E-state index contributed by atoms with van der Waals surface area (Å²) < 4.78 is 5.04. The quantitative estimate of drug-likeness (QED) is 0.455. The molecule has 1 aromatic carbocycles. The lowest BCUT2D eigenvalue weighted by molar-refractivity contribution is 0.316. The fraction of sp³-hybridized carbons (Fsp3) is 0.364. The Kier molecular flexibility index (Phi) is 3.51. The van der Waals surface area contributed by atoms with Crippen molar-refractivity contribution in [3.8, 4) is 5.75 Å². The number of benzene rings is 1. The fourth-order valence-corrected chi connectivity index (χ4v) is 1.27. The van der Waals surface area contributed by atoms with Crippen molar-refractivity contribution in [2.24, 2.45) is 11.1 Å². The van der Waals surface area contributed by atoms with Gasteiger partial charge in [-0.05, 0) is 35.7 Å². The Hall–Kier alpha value is -1.51. The molecular weight excluding hydrogens is 178 g/mol. The van der Waals surface area contributed by atoms with Crippen molar-refractivity contribution in [3.63, 3.8) is 0 Å². The molecule has 0 aromatic heterocycles. The van der Waals surface area contributed by atoms with Crippen molar-refractivity contribution >= 4 is 5.71 Å². The van der Waals surface area contributed by atoms with Gasteiger partial charge in [0.25, 0.3) is 0 Å². The first kappa shape index (κ1) is 10.6. The summed E-state index contributed by atoms with van der Waals surface area (Å²) >= 11 is 0. The van der Waals surface area contributed by atoms with Crippen LogP contribution >= 0.6 is 0 Å². The third-order valence-corrected chi connectivity index (χ3v) is 2.04. The third kappa shape index (κ3) is 2.25. The minimum absolute atomic E-state index is 0.202. The van der Waals surface area contributed by atoms with Gasteiger partial charge in [-0.1, -0.05) is 19.0 Å². The highest BCUT2D eigenvalue weighted by Gasteiger charge is 2.08. The molecule has 76 valence electrons. The normalized spacial score (nSPS) is 11.9. The molecule has 0 unspecified atom stereocenters. The van der Waals surface area contributed by atoms with E-state index >= 15 is 0 Å². The molecule has 1 aromatic rings. The standard InChI is InChI=1S/C11H15NO2/c1-8(2)11(12-13)9-4-6-10(14-3)7-5-9/h4-8,13H,1-3H3/b12-11-. The van der Waals surface area contributed by atoms with Crippen LogP contribution in [0.2, 0.25) is 0 Å². The van der Waals surface area contributed by atoms with E-state index in [0.717, 1.165) is 11.3 Å². The van der Waals surface area contributed by atoms with Gasteiger partial charge < -0.3 is 9.94 Å². The van der Waals surface area contributed by atoms with Crippen LogP contribution in [-0.2, 0) is 0 Å². The Morgan fingerprint density at radius 3 is 2.21 bits per heavy atom. The maximum Gasteiger partial charge on any atom is 0.118 e. The van der Waals surface area contributed by atoms with E-state index in [9.17, 15) is 0 Å². The average Bonchev–Trinajstić information content (AvgIpc) is 2.19. The zero-order valence-corrected chi connectivity index (χ0v) is 8.69. The molecule has 3 nitrogen and oxygen atoms in total. The zero-order chi connectivity index (χ0) is 10.6. The second-order valence-electron chi connectivity index (χ2n) is 3.37. The summed E-state index contributed by atoms with van der Waals surface area (Å²) in [6.07, 6.45) is 0. The molecule has 1 N–H and O–H groups in total. The van der Waals surface area contributed by atoms with Gasteiger partial charge in [0.1, 0.15) is 5.75 Å². The molecule has 0 spiro atoms. The van der Waals surface area contributed by atoms with Gasteiger partial charge in [0, 0.05) is 0 Å². The van der Waals surface area contributed by atoms with Crippen molar-refractivity contribution < 1.29 is 9.94 Å². The lowest BCUT2D eigenvalue weighted by Crippen LogP contribution is -2.09. The molecular formula is C11H15NO2. The topological polar surface area (TPSA) is 41.8 Å². The van der Waals surface area contributed by atoms with E-state index in [1.165, 1.54) is 0 Å². The molecule has 0 heterocycles. The van der Waals surface area contributed by atoms with Crippen LogP contribution in [0.25, 0.3) is 0 Å². The lowest BCUT2D eigenvalue weighted by Gasteiger charge is -2.08. The van der Waals surface area contributed by atoms with Gasteiger partial charge in [0.2, 0.25) is 0 Å². The maximum absolute atomic E-state index is 8.83. The summed E-state index contributed by atoms with van der Waals surface area (Å²) in [5.41, 5.74) is 1.61. The molecule has 0 aliphatic carbocycles. The van der Waals surface area contributed by atoms with Gasteiger partial charge in [0.05, 0.1) is 12.8 Å². The number of ether oxygens (including phenoxy) is 1. The van der Waals surface area contributed by atoms with Gasteiger partial charge in [-0.15, -0.1) is 0 Å². The van der Waals surface area contributed by atoms with Gasteiger partial charge in [-0.25, -0.2) is 0 Å². The molecule has 1 rings (SSSR count). The largest absolute Gasteiger partial charge is 0.497 e. The summed E-state index contributed by atoms with van der Waals surface area (Å²) in [4.78, 5) is 0. The van der Waals surface area contributed by atoms with Crippen LogP contribution in [-0.4, -0.2) is 18.0 Å². The first-order valence-electron chi connectivity index (χ1n) is 4.55. The monoisotopic (exact) mass is 193 g/mol. The maximum atomic E-state index is 8.83. The number of hydrogen-bond acceptors (Lipinski definition) is 3. The highest BCUT2D eigenvalue weighted by atomic mass is 16.5. The lowest BCUT2D eigenvalue weighted by atomic mass is 10.0. The van der Waals surface area contributed by atoms with E-state index in [4.69, 9.17) is 9.94 Å². The van der Waals surface area contributed by atoms with Crippen LogP contribution in [0.4, 0.5) is 0 Å². The SMILES string of the molecule is COc1ccc(/C(=N\O)C(C)C)cc1. The molecule has 0 aliphatic heterocycles. The Balaban J connectivity index is 2.96. The molecule has 0 radical (unpaired) electrons. The van der Waals surface area contributed by atoms with Crippen molar-refractivity contribution in [2.75, 3.05) is 7.11 Å². The number of rotatable bonds is 3. The molecule has 0 saturated heterocycles. The van der Waals surface area contributed by atoms with Gasteiger partial charge in [0.15, 0.2) is 0 Å². The first-order chi connectivity index (χ1) is 6.69. The third-order valence-electron chi connectivity index (χ3n) is 2.04. The van der Waals surface area contributed by atoms with Crippen molar-refractivity contribution in [1.82, 2.24) is 0 Å². The Morgan fingerprint density at radius 1 is 1.29 bits per heavy atom. The summed E-state index contributed by atoms with van der Waals surface area (Å²) in [7, 11) is 1.62. The Bertz CT molecular complexity index is 315. The van der Waals surface area contributed by atoms with Crippen molar-refractivity contribution in [2.45, 2.75) is 13.8 Å². The molecule has 0 bridgehead atoms. The molecule has 0 atom stereocenters. The molecule has 0 amide bonds. The zero-order valence-electron chi connectivity index (χ0n) is 8.69. The Morgan fingerprint density at radius 2 is 1.86 bits per heavy atom. The molecule has 0 saturated carbocycles. The smallest absolute Gasteiger partial charge is 0.118 e. The van der Waals surface area contributed by atoms with Crippen LogP contribution in [0, 0.1) is 5.92 Å². The second kappa shape index (κ2) is 4.65. The number of methoxy groups -OCH3 is 1. The van der Waals surface area contributed by atoms with Crippen LogP contribution in [0.5, 0.6) is 5.75 Å². The highest BCUT2D eigenvalue weighted by Crippen LogP contribution is 2.15. The van der Waals surface area contributed by atoms with E-state index in [-0.39, 0.29) is 5.92 Å². The van der Waals surface area contributed by atoms with Crippen LogP contribution < -0.4 is 4.74 Å². The first-order valence-corrected chi connectivity index (χ1v) is 4.55. The van der Waals surface area contributed by atoms with Crippen molar-refractivity contribution in [1.29, 1.82) is 0 Å². The summed E-state index contributed by atoms with van der Waals surface area (Å²) in [5, 5.41) is 12.1. The summed E-state index contributed by atoms with van der Waals surface area (Å²) in [6.45, 7) is 3.97. The Labute approximate surface area is 84.0 Å². The van der Waals surface area contributed by atoms with E-state index in [0.29, 0.717) is 5.71 Å². The van der Waals surface area contributed by atoms with Gasteiger partial charge in [-0.3, -0.25) is 0 Å². The number of oxime groups is 1. The molecule has 3 heteroatoms. The van der Waals surface area contributed by atoms with E-state index in [1.807, 2.05) is 38.1 Å². The van der Waals surface area contributed by atoms with Gasteiger partial charge >= 0.3 is 0 Å². The molecule has 14 heavy (non-hydrogen) atoms. The van der Waals surface area contributed by atoms with Gasteiger partial charge in [-0.2, -0.15) is 0 Å².